The number of thiophene rings is 1. The Morgan fingerprint density at radius 2 is 1.96 bits per heavy atom. The number of nitrogens with zero attached hydrogens (tertiary/aromatic N) is 1. The Labute approximate surface area is 162 Å². The summed E-state index contributed by atoms with van der Waals surface area (Å²) in [6.45, 7) is 3.87. The standard InChI is InChI=1S/C20H16N2O5S/c1-10-3-4-12(7-11(10)2)14-9-28-17-16(14)18(23)22(20(26)21-17)8-13-5-6-15(27-13)19(24)25/h3-7,9H,8H2,1-2H3,(H,21,26)(H,24,25). The molecule has 8 heteroatoms. The Morgan fingerprint density at radius 3 is 2.64 bits per heavy atom. The molecule has 7 nitrogen and oxygen atoms in total. The molecule has 1 aromatic carbocycles. The van der Waals surface area contributed by atoms with Gasteiger partial charge in [-0.25, -0.2) is 9.59 Å². The smallest absolute Gasteiger partial charge is 0.371 e. The predicted octanol–water partition coefficient (Wildman–Crippen LogP) is 3.37. The number of aromatic carboxylic acids is 1. The highest BCUT2D eigenvalue weighted by molar-refractivity contribution is 7.17. The first-order valence-corrected chi connectivity index (χ1v) is 9.37. The molecule has 0 saturated heterocycles. The molecule has 0 atom stereocenters. The van der Waals surface area contributed by atoms with E-state index in [1.54, 1.807) is 0 Å². The van der Waals surface area contributed by atoms with Crippen molar-refractivity contribution in [2.45, 2.75) is 20.4 Å². The van der Waals surface area contributed by atoms with E-state index < -0.39 is 17.2 Å². The Balaban J connectivity index is 1.86. The van der Waals surface area contributed by atoms with E-state index in [9.17, 15) is 14.4 Å². The zero-order valence-corrected chi connectivity index (χ0v) is 15.9. The molecule has 0 aliphatic carbocycles. The van der Waals surface area contributed by atoms with Crippen LogP contribution in [0.25, 0.3) is 21.3 Å². The van der Waals surface area contributed by atoms with E-state index >= 15 is 0 Å². The lowest BCUT2D eigenvalue weighted by molar-refractivity contribution is 0.0660. The van der Waals surface area contributed by atoms with Gasteiger partial charge in [0.05, 0.1) is 11.9 Å². The van der Waals surface area contributed by atoms with E-state index in [1.807, 2.05) is 37.4 Å². The summed E-state index contributed by atoms with van der Waals surface area (Å²) in [5.41, 5.74) is 2.90. The van der Waals surface area contributed by atoms with Crippen LogP contribution in [0.5, 0.6) is 0 Å². The lowest BCUT2D eigenvalue weighted by Crippen LogP contribution is -2.35. The number of H-pyrrole nitrogens is 1. The summed E-state index contributed by atoms with van der Waals surface area (Å²) < 4.78 is 6.20. The van der Waals surface area contributed by atoms with Crippen molar-refractivity contribution in [1.29, 1.82) is 0 Å². The summed E-state index contributed by atoms with van der Waals surface area (Å²) in [5, 5.41) is 11.2. The quantitative estimate of drug-likeness (QED) is 0.550. The van der Waals surface area contributed by atoms with E-state index in [-0.39, 0.29) is 18.1 Å². The highest BCUT2D eigenvalue weighted by Gasteiger charge is 2.17. The lowest BCUT2D eigenvalue weighted by atomic mass is 10.0. The largest absolute Gasteiger partial charge is 0.475 e. The number of fused-ring (bicyclic) bond motifs is 1. The molecule has 142 valence electrons. The van der Waals surface area contributed by atoms with Gasteiger partial charge in [0.15, 0.2) is 0 Å². The Morgan fingerprint density at radius 1 is 1.18 bits per heavy atom. The summed E-state index contributed by atoms with van der Waals surface area (Å²) in [7, 11) is 0. The second-order valence-corrected chi connectivity index (χ2v) is 7.42. The second-order valence-electron chi connectivity index (χ2n) is 6.55. The average Bonchev–Trinajstić information content (AvgIpc) is 3.28. The van der Waals surface area contributed by atoms with Crippen molar-refractivity contribution in [3.8, 4) is 11.1 Å². The Kier molecular flexibility index (Phi) is 4.27. The highest BCUT2D eigenvalue weighted by Crippen LogP contribution is 2.31. The number of carbonyl (C=O) groups is 1. The van der Waals surface area contributed by atoms with Crippen molar-refractivity contribution >= 4 is 27.5 Å². The van der Waals surface area contributed by atoms with Crippen molar-refractivity contribution in [2.24, 2.45) is 0 Å². The summed E-state index contributed by atoms with van der Waals surface area (Å²) in [6, 6.07) is 8.69. The number of aryl methyl sites for hydroxylation is 2. The molecule has 4 aromatic rings. The maximum atomic E-state index is 13.1. The summed E-state index contributed by atoms with van der Waals surface area (Å²) >= 11 is 1.30. The third-order valence-electron chi connectivity index (χ3n) is 4.72. The maximum Gasteiger partial charge on any atom is 0.371 e. The number of benzene rings is 1. The average molecular weight is 396 g/mol. The van der Waals surface area contributed by atoms with Gasteiger partial charge < -0.3 is 9.52 Å². The maximum absolute atomic E-state index is 13.1. The van der Waals surface area contributed by atoms with E-state index in [0.29, 0.717) is 10.2 Å². The highest BCUT2D eigenvalue weighted by atomic mass is 32.1. The first-order chi connectivity index (χ1) is 13.3. The van der Waals surface area contributed by atoms with E-state index in [4.69, 9.17) is 9.52 Å². The van der Waals surface area contributed by atoms with Crippen LogP contribution >= 0.6 is 11.3 Å². The molecule has 0 fully saturated rings. The van der Waals surface area contributed by atoms with Gasteiger partial charge in [-0.05, 0) is 42.7 Å². The van der Waals surface area contributed by atoms with E-state index in [1.165, 1.54) is 23.5 Å². The van der Waals surface area contributed by atoms with E-state index in [2.05, 4.69) is 4.98 Å². The molecular weight excluding hydrogens is 380 g/mol. The number of carboxylic acid groups (broad SMARTS) is 1. The van der Waals surface area contributed by atoms with Crippen LogP contribution in [0.2, 0.25) is 0 Å². The van der Waals surface area contributed by atoms with Crippen LogP contribution in [0, 0.1) is 13.8 Å². The van der Waals surface area contributed by atoms with Gasteiger partial charge in [0.2, 0.25) is 5.76 Å². The van der Waals surface area contributed by atoms with Gasteiger partial charge in [0.25, 0.3) is 5.56 Å². The van der Waals surface area contributed by atoms with Crippen LogP contribution < -0.4 is 11.2 Å². The summed E-state index contributed by atoms with van der Waals surface area (Å²) in [6.07, 6.45) is 0. The van der Waals surface area contributed by atoms with Gasteiger partial charge in [-0.3, -0.25) is 14.3 Å². The number of hydrogen-bond donors (Lipinski definition) is 2. The van der Waals surface area contributed by atoms with Gasteiger partial charge in [-0.1, -0.05) is 18.2 Å². The Bertz CT molecular complexity index is 1340. The molecule has 0 spiro atoms. The first kappa shape index (κ1) is 18.0. The van der Waals surface area contributed by atoms with Crippen molar-refractivity contribution in [3.05, 3.63) is 79.2 Å². The topological polar surface area (TPSA) is 105 Å². The number of hydrogen-bond acceptors (Lipinski definition) is 5. The van der Waals surface area contributed by atoms with Gasteiger partial charge in [0.1, 0.15) is 10.6 Å². The third-order valence-corrected chi connectivity index (χ3v) is 5.62. The van der Waals surface area contributed by atoms with Crippen LogP contribution in [-0.2, 0) is 6.54 Å². The number of furan rings is 1. The fraction of sp³-hybridized carbons (Fsp3) is 0.150. The first-order valence-electron chi connectivity index (χ1n) is 8.49. The summed E-state index contributed by atoms with van der Waals surface area (Å²) in [5.74, 6) is -1.24. The lowest BCUT2D eigenvalue weighted by Gasteiger charge is -2.06. The molecule has 0 bridgehead atoms. The number of aromatic nitrogens is 2. The number of nitrogens with one attached hydrogen (secondary N) is 1. The molecule has 0 aliphatic rings. The molecule has 0 unspecified atom stereocenters. The van der Waals surface area contributed by atoms with Crippen LogP contribution in [0.1, 0.15) is 27.4 Å². The second kappa shape index (κ2) is 6.65. The molecule has 28 heavy (non-hydrogen) atoms. The van der Waals surface area contributed by atoms with Crippen LogP contribution in [0.3, 0.4) is 0 Å². The minimum atomic E-state index is -1.21. The molecule has 0 saturated carbocycles. The molecular formula is C20H16N2O5S. The molecule has 0 radical (unpaired) electrons. The number of aromatic amines is 1. The van der Waals surface area contributed by atoms with Gasteiger partial charge in [-0.2, -0.15) is 0 Å². The fourth-order valence-corrected chi connectivity index (χ4v) is 4.00. The van der Waals surface area contributed by atoms with Crippen LogP contribution in [0.4, 0.5) is 0 Å². The minimum Gasteiger partial charge on any atom is -0.475 e. The van der Waals surface area contributed by atoms with Crippen molar-refractivity contribution in [1.82, 2.24) is 9.55 Å². The number of carboxylic acids is 1. The van der Waals surface area contributed by atoms with E-state index in [0.717, 1.165) is 26.8 Å². The molecule has 3 aromatic heterocycles. The monoisotopic (exact) mass is 396 g/mol. The third kappa shape index (κ3) is 2.97. The van der Waals surface area contributed by atoms with Crippen LogP contribution in [-0.4, -0.2) is 20.6 Å². The summed E-state index contributed by atoms with van der Waals surface area (Å²) in [4.78, 5) is 39.7. The zero-order valence-electron chi connectivity index (χ0n) is 15.1. The number of rotatable bonds is 4. The SMILES string of the molecule is Cc1ccc(-c2csc3[nH]c(=O)n(Cc4ccc(C(=O)O)o4)c(=O)c23)cc1C. The predicted molar refractivity (Wildman–Crippen MR) is 106 cm³/mol. The van der Waals surface area contributed by atoms with Crippen molar-refractivity contribution < 1.29 is 14.3 Å². The Hall–Kier alpha value is -3.39. The van der Waals surface area contributed by atoms with Gasteiger partial charge >= 0.3 is 11.7 Å². The molecule has 0 aliphatic heterocycles. The minimum absolute atomic E-state index is 0.153. The van der Waals surface area contributed by atoms with Gasteiger partial charge in [-0.15, -0.1) is 11.3 Å². The molecule has 3 heterocycles. The zero-order chi connectivity index (χ0) is 20.0. The normalized spacial score (nSPS) is 11.2. The fourth-order valence-electron chi connectivity index (χ4n) is 3.05. The van der Waals surface area contributed by atoms with Gasteiger partial charge in [0, 0.05) is 10.9 Å². The van der Waals surface area contributed by atoms with Crippen LogP contribution in [0.15, 0.2) is 49.7 Å². The molecule has 0 amide bonds. The molecule has 2 N–H and O–H groups in total. The molecule has 4 rings (SSSR count). The van der Waals surface area contributed by atoms with Crippen molar-refractivity contribution in [3.63, 3.8) is 0 Å². The van der Waals surface area contributed by atoms with Crippen molar-refractivity contribution in [2.75, 3.05) is 0 Å².